The molecule has 96 valence electrons. The lowest BCUT2D eigenvalue weighted by molar-refractivity contribution is 0.140. The Labute approximate surface area is 103 Å². The second kappa shape index (κ2) is 6.79. The molecule has 0 spiro atoms. The molecule has 0 aromatic carbocycles. The molecule has 0 bridgehead atoms. The Kier molecular flexibility index (Phi) is 5.04. The first-order chi connectivity index (χ1) is 8.40. The molecule has 0 amide bonds. The predicted molar refractivity (Wildman–Crippen MR) is 66.9 cm³/mol. The highest BCUT2D eigenvalue weighted by Gasteiger charge is 2.23. The third kappa shape index (κ3) is 3.84. The van der Waals surface area contributed by atoms with Crippen molar-refractivity contribution in [1.82, 2.24) is 10.2 Å². The molecule has 0 saturated carbocycles. The normalized spacial score (nSPS) is 21.1. The van der Waals surface area contributed by atoms with Gasteiger partial charge in [-0.1, -0.05) is 0 Å². The summed E-state index contributed by atoms with van der Waals surface area (Å²) in [5.41, 5.74) is 0. The molecular formula is C13H22N2O2. The topological polar surface area (TPSA) is 37.6 Å². The van der Waals surface area contributed by atoms with E-state index in [4.69, 9.17) is 9.15 Å². The summed E-state index contributed by atoms with van der Waals surface area (Å²) in [7, 11) is 1.76. The second-order valence-electron chi connectivity index (χ2n) is 4.54. The van der Waals surface area contributed by atoms with Gasteiger partial charge in [-0.25, -0.2) is 0 Å². The zero-order valence-electron chi connectivity index (χ0n) is 10.5. The number of methoxy groups -OCH3 is 1. The highest BCUT2D eigenvalue weighted by Crippen LogP contribution is 2.16. The van der Waals surface area contributed by atoms with Crippen LogP contribution < -0.4 is 5.32 Å². The summed E-state index contributed by atoms with van der Waals surface area (Å²) in [6.45, 7) is 4.93. The van der Waals surface area contributed by atoms with E-state index in [0.717, 1.165) is 32.0 Å². The van der Waals surface area contributed by atoms with Crippen LogP contribution in [0.1, 0.15) is 18.6 Å². The van der Waals surface area contributed by atoms with Crippen molar-refractivity contribution in [3.05, 3.63) is 24.2 Å². The van der Waals surface area contributed by atoms with Gasteiger partial charge in [0.1, 0.15) is 5.76 Å². The molecule has 1 atom stereocenters. The molecular weight excluding hydrogens is 216 g/mol. The number of likely N-dealkylation sites (tertiary alicyclic amines) is 1. The molecule has 1 saturated heterocycles. The van der Waals surface area contributed by atoms with Gasteiger partial charge in [-0.2, -0.15) is 0 Å². The molecule has 0 radical (unpaired) electrons. The first-order valence-corrected chi connectivity index (χ1v) is 6.36. The Hall–Kier alpha value is -0.840. The fourth-order valence-corrected chi connectivity index (χ4v) is 2.40. The van der Waals surface area contributed by atoms with Crippen LogP contribution in [0.25, 0.3) is 0 Å². The van der Waals surface area contributed by atoms with Gasteiger partial charge in [-0.15, -0.1) is 0 Å². The molecule has 2 heterocycles. The summed E-state index contributed by atoms with van der Waals surface area (Å²) in [6, 6.07) is 4.59. The highest BCUT2D eigenvalue weighted by atomic mass is 16.5. The van der Waals surface area contributed by atoms with Crippen molar-refractivity contribution in [2.75, 3.05) is 33.4 Å². The van der Waals surface area contributed by atoms with E-state index in [9.17, 15) is 0 Å². The van der Waals surface area contributed by atoms with E-state index in [1.165, 1.54) is 19.4 Å². The van der Waals surface area contributed by atoms with Crippen molar-refractivity contribution in [2.24, 2.45) is 0 Å². The maximum Gasteiger partial charge on any atom is 0.117 e. The van der Waals surface area contributed by atoms with Crippen LogP contribution in [0.5, 0.6) is 0 Å². The zero-order valence-corrected chi connectivity index (χ0v) is 10.5. The predicted octanol–water partition coefficient (Wildman–Crippen LogP) is 1.48. The van der Waals surface area contributed by atoms with Crippen molar-refractivity contribution in [2.45, 2.75) is 25.4 Å². The Balaban J connectivity index is 1.67. The Morgan fingerprint density at radius 2 is 2.53 bits per heavy atom. The fraction of sp³-hybridized carbons (Fsp3) is 0.692. The molecule has 4 nitrogen and oxygen atoms in total. The molecule has 0 aliphatic carbocycles. The van der Waals surface area contributed by atoms with Crippen LogP contribution in [-0.2, 0) is 11.3 Å². The molecule has 1 fully saturated rings. The van der Waals surface area contributed by atoms with Gasteiger partial charge in [0.2, 0.25) is 0 Å². The fourth-order valence-electron chi connectivity index (χ4n) is 2.40. The standard InChI is InChI=1S/C13H22N2O2/c1-16-9-7-15-6-2-4-12(15)10-14-11-13-5-3-8-17-13/h3,5,8,12,14H,2,4,6-7,9-11H2,1H3. The quantitative estimate of drug-likeness (QED) is 0.781. The number of nitrogens with zero attached hydrogens (tertiary/aromatic N) is 1. The van der Waals surface area contributed by atoms with Crippen LogP contribution >= 0.6 is 0 Å². The summed E-state index contributed by atoms with van der Waals surface area (Å²) in [4.78, 5) is 2.51. The number of hydrogen-bond donors (Lipinski definition) is 1. The minimum atomic E-state index is 0.653. The highest BCUT2D eigenvalue weighted by molar-refractivity contribution is 4.97. The van der Waals surface area contributed by atoms with Crippen molar-refractivity contribution >= 4 is 0 Å². The number of furan rings is 1. The van der Waals surface area contributed by atoms with Gasteiger partial charge in [-0.05, 0) is 31.5 Å². The summed E-state index contributed by atoms with van der Waals surface area (Å²) < 4.78 is 10.4. The molecule has 2 rings (SSSR count). The third-order valence-corrected chi connectivity index (χ3v) is 3.34. The SMILES string of the molecule is COCCN1CCCC1CNCc1ccco1. The molecule has 1 unspecified atom stereocenters. The van der Waals surface area contributed by atoms with Gasteiger partial charge >= 0.3 is 0 Å². The van der Waals surface area contributed by atoms with Gasteiger partial charge in [0.25, 0.3) is 0 Å². The summed E-state index contributed by atoms with van der Waals surface area (Å²) >= 11 is 0. The van der Waals surface area contributed by atoms with Crippen molar-refractivity contribution < 1.29 is 9.15 Å². The van der Waals surface area contributed by atoms with Crippen LogP contribution in [-0.4, -0.2) is 44.3 Å². The van der Waals surface area contributed by atoms with E-state index in [1.807, 2.05) is 12.1 Å². The molecule has 4 heteroatoms. The van der Waals surface area contributed by atoms with E-state index in [2.05, 4.69) is 10.2 Å². The number of rotatable bonds is 7. The van der Waals surface area contributed by atoms with Gasteiger partial charge in [0, 0.05) is 26.2 Å². The van der Waals surface area contributed by atoms with Crippen molar-refractivity contribution in [3.8, 4) is 0 Å². The molecule has 1 N–H and O–H groups in total. The summed E-state index contributed by atoms with van der Waals surface area (Å²) in [5.74, 6) is 1.01. The van der Waals surface area contributed by atoms with Crippen LogP contribution in [0.2, 0.25) is 0 Å². The van der Waals surface area contributed by atoms with Gasteiger partial charge in [0.05, 0.1) is 19.4 Å². The monoisotopic (exact) mass is 238 g/mol. The maximum absolute atomic E-state index is 5.29. The van der Waals surface area contributed by atoms with Crippen LogP contribution in [0.15, 0.2) is 22.8 Å². The van der Waals surface area contributed by atoms with E-state index in [0.29, 0.717) is 6.04 Å². The van der Waals surface area contributed by atoms with E-state index >= 15 is 0 Å². The van der Waals surface area contributed by atoms with Crippen LogP contribution in [0.4, 0.5) is 0 Å². The Morgan fingerprint density at radius 1 is 1.59 bits per heavy atom. The second-order valence-corrected chi connectivity index (χ2v) is 4.54. The maximum atomic E-state index is 5.29. The molecule has 1 aromatic rings. The molecule has 17 heavy (non-hydrogen) atoms. The summed E-state index contributed by atoms with van der Waals surface area (Å²) in [6.07, 6.45) is 4.31. The van der Waals surface area contributed by atoms with Gasteiger partial charge < -0.3 is 14.5 Å². The molecule has 1 aliphatic rings. The number of ether oxygens (including phenoxy) is 1. The average Bonchev–Trinajstić information content (AvgIpc) is 2.98. The first-order valence-electron chi connectivity index (χ1n) is 6.36. The third-order valence-electron chi connectivity index (χ3n) is 3.34. The zero-order chi connectivity index (χ0) is 11.9. The number of hydrogen-bond acceptors (Lipinski definition) is 4. The first kappa shape index (κ1) is 12.6. The Bertz CT molecular complexity index is 300. The largest absolute Gasteiger partial charge is 0.468 e. The minimum absolute atomic E-state index is 0.653. The lowest BCUT2D eigenvalue weighted by atomic mass is 10.2. The number of nitrogens with one attached hydrogen (secondary N) is 1. The van der Waals surface area contributed by atoms with E-state index in [-0.39, 0.29) is 0 Å². The minimum Gasteiger partial charge on any atom is -0.468 e. The average molecular weight is 238 g/mol. The van der Waals surface area contributed by atoms with Crippen molar-refractivity contribution in [3.63, 3.8) is 0 Å². The lowest BCUT2D eigenvalue weighted by Gasteiger charge is -2.24. The van der Waals surface area contributed by atoms with Gasteiger partial charge in [-0.3, -0.25) is 4.90 Å². The van der Waals surface area contributed by atoms with Crippen LogP contribution in [0, 0.1) is 0 Å². The van der Waals surface area contributed by atoms with E-state index < -0.39 is 0 Å². The molecule has 1 aromatic heterocycles. The van der Waals surface area contributed by atoms with E-state index in [1.54, 1.807) is 13.4 Å². The Morgan fingerprint density at radius 3 is 3.29 bits per heavy atom. The lowest BCUT2D eigenvalue weighted by Crippen LogP contribution is -2.39. The van der Waals surface area contributed by atoms with Crippen LogP contribution in [0.3, 0.4) is 0 Å². The molecule has 1 aliphatic heterocycles. The van der Waals surface area contributed by atoms with Crippen molar-refractivity contribution in [1.29, 1.82) is 0 Å². The summed E-state index contributed by atoms with van der Waals surface area (Å²) in [5, 5.41) is 3.46. The van der Waals surface area contributed by atoms with Gasteiger partial charge in [0.15, 0.2) is 0 Å². The smallest absolute Gasteiger partial charge is 0.117 e.